The number of anilines is 1. The fourth-order valence-corrected chi connectivity index (χ4v) is 3.29. The van der Waals surface area contributed by atoms with Crippen LogP contribution in [0.15, 0.2) is 24.3 Å². The molecule has 2 heteroatoms. The maximum atomic E-state index is 3.75. The lowest BCUT2D eigenvalue weighted by molar-refractivity contribution is 0.256. The van der Waals surface area contributed by atoms with Crippen LogP contribution in [0.5, 0.6) is 0 Å². The van der Waals surface area contributed by atoms with E-state index in [4.69, 9.17) is 0 Å². The lowest BCUT2D eigenvalue weighted by atomic mass is 9.84. The molecule has 0 saturated heterocycles. The van der Waals surface area contributed by atoms with Crippen LogP contribution in [0.4, 0.5) is 5.69 Å². The summed E-state index contributed by atoms with van der Waals surface area (Å²) in [7, 11) is 0. The third kappa shape index (κ3) is 4.47. The minimum atomic E-state index is 0.324. The van der Waals surface area contributed by atoms with Crippen molar-refractivity contribution in [1.29, 1.82) is 0 Å². The molecular formula is C19H32N2. The van der Waals surface area contributed by atoms with E-state index >= 15 is 0 Å². The highest BCUT2D eigenvalue weighted by Crippen LogP contribution is 2.28. The molecule has 1 N–H and O–H groups in total. The lowest BCUT2D eigenvalue weighted by Crippen LogP contribution is -2.43. The van der Waals surface area contributed by atoms with Gasteiger partial charge in [0.2, 0.25) is 0 Å². The Hall–Kier alpha value is -1.02. The number of para-hydroxylation sites is 1. The Kier molecular flexibility index (Phi) is 5.69. The van der Waals surface area contributed by atoms with Crippen molar-refractivity contribution >= 4 is 5.69 Å². The maximum absolute atomic E-state index is 3.75. The molecule has 0 bridgehead atoms. The fourth-order valence-electron chi connectivity index (χ4n) is 3.29. The summed E-state index contributed by atoms with van der Waals surface area (Å²) in [6.45, 7) is 12.8. The van der Waals surface area contributed by atoms with Crippen molar-refractivity contribution in [2.45, 2.75) is 59.4 Å². The molecule has 0 radical (unpaired) electrons. The zero-order chi connectivity index (χ0) is 15.3. The molecule has 0 spiro atoms. The topological polar surface area (TPSA) is 15.3 Å². The average Bonchev–Trinajstić information content (AvgIpc) is 2.46. The Morgan fingerprint density at radius 3 is 2.71 bits per heavy atom. The first-order valence-corrected chi connectivity index (χ1v) is 8.58. The van der Waals surface area contributed by atoms with Crippen LogP contribution in [0.1, 0.15) is 52.5 Å². The van der Waals surface area contributed by atoms with E-state index in [-0.39, 0.29) is 0 Å². The summed E-state index contributed by atoms with van der Waals surface area (Å²) >= 11 is 0. The Morgan fingerprint density at radius 2 is 2.00 bits per heavy atom. The molecule has 0 aromatic heterocycles. The third-order valence-corrected chi connectivity index (χ3v) is 4.58. The van der Waals surface area contributed by atoms with Gasteiger partial charge in [0.05, 0.1) is 0 Å². The van der Waals surface area contributed by atoms with Crippen LogP contribution in [-0.2, 0) is 6.42 Å². The monoisotopic (exact) mass is 288 g/mol. The van der Waals surface area contributed by atoms with Crippen molar-refractivity contribution in [3.63, 3.8) is 0 Å². The van der Waals surface area contributed by atoms with Crippen molar-refractivity contribution < 1.29 is 0 Å². The molecule has 21 heavy (non-hydrogen) atoms. The molecule has 118 valence electrons. The van der Waals surface area contributed by atoms with E-state index in [2.05, 4.69) is 62.2 Å². The van der Waals surface area contributed by atoms with Crippen LogP contribution in [0.2, 0.25) is 0 Å². The third-order valence-electron chi connectivity index (χ3n) is 4.58. The quantitative estimate of drug-likeness (QED) is 0.842. The van der Waals surface area contributed by atoms with E-state index in [1.54, 1.807) is 0 Å². The van der Waals surface area contributed by atoms with Gasteiger partial charge in [-0.05, 0) is 49.3 Å². The molecule has 0 amide bonds. The summed E-state index contributed by atoms with van der Waals surface area (Å²) in [6.07, 6.45) is 4.96. The van der Waals surface area contributed by atoms with Gasteiger partial charge in [-0.2, -0.15) is 0 Å². The summed E-state index contributed by atoms with van der Waals surface area (Å²) in [5, 5.41) is 3.75. The zero-order valence-electron chi connectivity index (χ0n) is 14.3. The molecule has 1 aromatic rings. The number of hydrogen-bond donors (Lipinski definition) is 1. The predicted octanol–water partition coefficient (Wildman–Crippen LogP) is 4.24. The summed E-state index contributed by atoms with van der Waals surface area (Å²) in [5.74, 6) is 0. The van der Waals surface area contributed by atoms with Crippen molar-refractivity contribution in [2.24, 2.45) is 5.41 Å². The number of rotatable bonds is 6. The highest BCUT2D eigenvalue weighted by molar-refractivity contribution is 5.55. The number of nitrogens with zero attached hydrogens (tertiary/aromatic N) is 1. The summed E-state index contributed by atoms with van der Waals surface area (Å²) < 4.78 is 0. The smallest absolute Gasteiger partial charge is 0.0398 e. The second kappa shape index (κ2) is 7.31. The SMILES string of the molecule is CCCNC(CCN1CCCc2ccccc21)C(C)(C)C. The van der Waals surface area contributed by atoms with Gasteiger partial charge in [-0.15, -0.1) is 0 Å². The molecular weight excluding hydrogens is 256 g/mol. The molecule has 1 heterocycles. The molecule has 1 atom stereocenters. The second-order valence-electron chi connectivity index (χ2n) is 7.38. The van der Waals surface area contributed by atoms with Crippen molar-refractivity contribution in [3.8, 4) is 0 Å². The first-order chi connectivity index (χ1) is 10.0. The molecule has 0 fully saturated rings. The molecule has 0 saturated carbocycles. The van der Waals surface area contributed by atoms with Crippen LogP contribution >= 0.6 is 0 Å². The first kappa shape index (κ1) is 16.4. The number of fused-ring (bicyclic) bond motifs is 1. The highest BCUT2D eigenvalue weighted by Gasteiger charge is 2.25. The molecule has 0 aliphatic carbocycles. The maximum Gasteiger partial charge on any atom is 0.0398 e. The molecule has 2 nitrogen and oxygen atoms in total. The molecule has 1 aliphatic heterocycles. The van der Waals surface area contributed by atoms with Gasteiger partial charge in [-0.3, -0.25) is 0 Å². The standard InChI is InChI=1S/C19H32N2/c1-5-13-20-18(19(2,3)4)12-15-21-14-8-10-16-9-6-7-11-17(16)21/h6-7,9,11,18,20H,5,8,10,12-15H2,1-4H3. The van der Waals surface area contributed by atoms with E-state index in [0.29, 0.717) is 11.5 Å². The van der Waals surface area contributed by atoms with E-state index in [0.717, 1.165) is 13.1 Å². The van der Waals surface area contributed by atoms with Gasteiger partial charge in [0.15, 0.2) is 0 Å². The Morgan fingerprint density at radius 1 is 1.24 bits per heavy atom. The lowest BCUT2D eigenvalue weighted by Gasteiger charge is -2.36. The minimum absolute atomic E-state index is 0.324. The van der Waals surface area contributed by atoms with Gasteiger partial charge in [0.25, 0.3) is 0 Å². The number of aryl methyl sites for hydroxylation is 1. The van der Waals surface area contributed by atoms with E-state index in [1.165, 1.54) is 43.5 Å². The summed E-state index contributed by atoms with van der Waals surface area (Å²) in [5.41, 5.74) is 3.31. The van der Waals surface area contributed by atoms with E-state index in [9.17, 15) is 0 Å². The molecule has 1 aliphatic rings. The zero-order valence-corrected chi connectivity index (χ0v) is 14.3. The number of benzene rings is 1. The molecule has 1 unspecified atom stereocenters. The first-order valence-electron chi connectivity index (χ1n) is 8.58. The van der Waals surface area contributed by atoms with E-state index in [1.807, 2.05) is 0 Å². The number of nitrogens with one attached hydrogen (secondary N) is 1. The number of hydrogen-bond acceptors (Lipinski definition) is 2. The Balaban J connectivity index is 1.98. The Labute approximate surface area is 130 Å². The summed E-state index contributed by atoms with van der Waals surface area (Å²) in [4.78, 5) is 2.59. The van der Waals surface area contributed by atoms with E-state index < -0.39 is 0 Å². The summed E-state index contributed by atoms with van der Waals surface area (Å²) in [6, 6.07) is 9.51. The molecule has 1 aromatic carbocycles. The van der Waals surface area contributed by atoms with Crippen LogP contribution in [-0.4, -0.2) is 25.7 Å². The van der Waals surface area contributed by atoms with Gasteiger partial charge in [0.1, 0.15) is 0 Å². The normalized spacial score (nSPS) is 16.7. The van der Waals surface area contributed by atoms with Crippen LogP contribution in [0, 0.1) is 5.41 Å². The van der Waals surface area contributed by atoms with Gasteiger partial charge < -0.3 is 10.2 Å². The van der Waals surface area contributed by atoms with Crippen LogP contribution < -0.4 is 10.2 Å². The van der Waals surface area contributed by atoms with Crippen LogP contribution in [0.3, 0.4) is 0 Å². The van der Waals surface area contributed by atoms with Gasteiger partial charge in [-0.25, -0.2) is 0 Å². The van der Waals surface area contributed by atoms with Gasteiger partial charge in [-0.1, -0.05) is 45.9 Å². The van der Waals surface area contributed by atoms with Crippen molar-refractivity contribution in [1.82, 2.24) is 5.32 Å². The fraction of sp³-hybridized carbons (Fsp3) is 0.684. The second-order valence-corrected chi connectivity index (χ2v) is 7.38. The predicted molar refractivity (Wildman–Crippen MR) is 93.1 cm³/mol. The van der Waals surface area contributed by atoms with Gasteiger partial charge >= 0.3 is 0 Å². The van der Waals surface area contributed by atoms with Crippen molar-refractivity contribution in [3.05, 3.63) is 29.8 Å². The molecule has 2 rings (SSSR count). The van der Waals surface area contributed by atoms with Crippen molar-refractivity contribution in [2.75, 3.05) is 24.5 Å². The Bertz CT molecular complexity index is 433. The largest absolute Gasteiger partial charge is 0.371 e. The van der Waals surface area contributed by atoms with Crippen LogP contribution in [0.25, 0.3) is 0 Å². The minimum Gasteiger partial charge on any atom is -0.371 e. The average molecular weight is 288 g/mol. The van der Waals surface area contributed by atoms with Gasteiger partial charge in [0, 0.05) is 24.8 Å². The highest BCUT2D eigenvalue weighted by atomic mass is 15.1.